The number of urea groups is 1. The summed E-state index contributed by atoms with van der Waals surface area (Å²) in [5.74, 6) is 0.808. The predicted molar refractivity (Wildman–Crippen MR) is 80.6 cm³/mol. The van der Waals surface area contributed by atoms with E-state index in [9.17, 15) is 13.2 Å². The summed E-state index contributed by atoms with van der Waals surface area (Å²) in [5.41, 5.74) is 0.530. The van der Waals surface area contributed by atoms with E-state index >= 15 is 0 Å². The number of nitrogens with zero attached hydrogens (tertiary/aromatic N) is 3. The summed E-state index contributed by atoms with van der Waals surface area (Å²) in [6.07, 6.45) is 7.02. The quantitative estimate of drug-likeness (QED) is 0.860. The van der Waals surface area contributed by atoms with Crippen LogP contribution in [0.4, 0.5) is 10.5 Å². The van der Waals surface area contributed by atoms with Crippen molar-refractivity contribution in [3.05, 3.63) is 37.1 Å². The maximum absolute atomic E-state index is 11.8. The Morgan fingerprint density at radius 2 is 2.23 bits per heavy atom. The maximum Gasteiger partial charge on any atom is 0.319 e. The molecule has 9 heteroatoms. The monoisotopic (exact) mass is 321 g/mol. The highest BCUT2D eigenvalue weighted by Gasteiger charge is 2.28. The van der Waals surface area contributed by atoms with Crippen LogP contribution in [0.5, 0.6) is 0 Å². The molecular formula is C13H15N5O3S. The highest BCUT2D eigenvalue weighted by molar-refractivity contribution is 7.91. The number of amides is 2. The Balaban J connectivity index is 1.58. The average molecular weight is 321 g/mol. The molecule has 2 aromatic heterocycles. The molecule has 1 fully saturated rings. The van der Waals surface area contributed by atoms with Gasteiger partial charge in [0.2, 0.25) is 0 Å². The maximum atomic E-state index is 11.8. The second-order valence-electron chi connectivity index (χ2n) is 5.07. The van der Waals surface area contributed by atoms with Crippen LogP contribution in [0.1, 0.15) is 6.42 Å². The molecule has 2 N–H and O–H groups in total. The van der Waals surface area contributed by atoms with Crippen LogP contribution in [-0.2, 0) is 9.84 Å². The number of imidazole rings is 1. The summed E-state index contributed by atoms with van der Waals surface area (Å²) >= 11 is 0. The summed E-state index contributed by atoms with van der Waals surface area (Å²) in [7, 11) is -3.01. The SMILES string of the molecule is O=C(Nc1ccc(-n2ccnc2)nc1)NC1CCS(=O)(=O)C1. The van der Waals surface area contributed by atoms with Crippen molar-refractivity contribution < 1.29 is 13.2 Å². The fraction of sp³-hybridized carbons (Fsp3) is 0.308. The minimum absolute atomic E-state index is 0.00175. The molecule has 1 atom stereocenters. The van der Waals surface area contributed by atoms with Crippen LogP contribution in [0, 0.1) is 0 Å². The van der Waals surface area contributed by atoms with E-state index in [0.717, 1.165) is 0 Å². The molecule has 0 aromatic carbocycles. The lowest BCUT2D eigenvalue weighted by molar-refractivity contribution is 0.249. The molecule has 3 heterocycles. The fourth-order valence-corrected chi connectivity index (χ4v) is 3.94. The third kappa shape index (κ3) is 3.42. The average Bonchev–Trinajstić information content (AvgIpc) is 3.09. The lowest BCUT2D eigenvalue weighted by Gasteiger charge is -2.12. The zero-order chi connectivity index (χ0) is 15.6. The fourth-order valence-electron chi connectivity index (χ4n) is 2.27. The van der Waals surface area contributed by atoms with Gasteiger partial charge in [-0.15, -0.1) is 0 Å². The van der Waals surface area contributed by atoms with Gasteiger partial charge in [0, 0.05) is 18.4 Å². The van der Waals surface area contributed by atoms with Gasteiger partial charge in [0.1, 0.15) is 12.1 Å². The summed E-state index contributed by atoms with van der Waals surface area (Å²) in [5, 5.41) is 5.29. The molecule has 2 amide bonds. The summed E-state index contributed by atoms with van der Waals surface area (Å²) in [6.45, 7) is 0. The largest absolute Gasteiger partial charge is 0.334 e. The van der Waals surface area contributed by atoms with Crippen LogP contribution in [-0.4, -0.2) is 46.5 Å². The van der Waals surface area contributed by atoms with E-state index in [-0.39, 0.29) is 17.5 Å². The number of hydrogen-bond acceptors (Lipinski definition) is 5. The Morgan fingerprint density at radius 1 is 1.36 bits per heavy atom. The Kier molecular flexibility index (Phi) is 3.80. The first-order valence-corrected chi connectivity index (χ1v) is 8.56. The zero-order valence-electron chi connectivity index (χ0n) is 11.6. The third-order valence-electron chi connectivity index (χ3n) is 3.34. The Morgan fingerprint density at radius 3 is 2.82 bits per heavy atom. The lowest BCUT2D eigenvalue weighted by atomic mass is 10.3. The van der Waals surface area contributed by atoms with Crippen molar-refractivity contribution in [3.63, 3.8) is 0 Å². The number of sulfone groups is 1. The van der Waals surface area contributed by atoms with Crippen LogP contribution in [0.3, 0.4) is 0 Å². The number of rotatable bonds is 3. The number of carbonyl (C=O) groups is 1. The van der Waals surface area contributed by atoms with Crippen molar-refractivity contribution in [2.75, 3.05) is 16.8 Å². The van der Waals surface area contributed by atoms with Gasteiger partial charge in [-0.3, -0.25) is 4.57 Å². The molecule has 22 heavy (non-hydrogen) atoms. The van der Waals surface area contributed by atoms with Crippen LogP contribution in [0.2, 0.25) is 0 Å². The standard InChI is InChI=1S/C13H15N5O3S/c19-13(17-11-3-6-22(20,21)8-11)16-10-1-2-12(15-7-10)18-5-4-14-9-18/h1-2,4-5,7,9,11H,3,6,8H2,(H2,16,17,19). The van der Waals surface area contributed by atoms with Gasteiger partial charge in [-0.1, -0.05) is 0 Å². The molecular weight excluding hydrogens is 306 g/mol. The Hall–Kier alpha value is -2.42. The van der Waals surface area contributed by atoms with Gasteiger partial charge in [0.25, 0.3) is 0 Å². The normalized spacial score (nSPS) is 19.7. The van der Waals surface area contributed by atoms with Crippen molar-refractivity contribution in [1.29, 1.82) is 0 Å². The minimum atomic E-state index is -3.01. The van der Waals surface area contributed by atoms with E-state index in [4.69, 9.17) is 0 Å². The van der Waals surface area contributed by atoms with Crippen molar-refractivity contribution >= 4 is 21.6 Å². The molecule has 1 saturated heterocycles. The smallest absolute Gasteiger partial charge is 0.319 e. The molecule has 1 aliphatic heterocycles. The number of aromatic nitrogens is 3. The highest BCUT2D eigenvalue weighted by Crippen LogP contribution is 2.12. The summed E-state index contributed by atoms with van der Waals surface area (Å²) in [6, 6.07) is 2.70. The van der Waals surface area contributed by atoms with Crippen molar-refractivity contribution in [1.82, 2.24) is 19.9 Å². The van der Waals surface area contributed by atoms with Crippen molar-refractivity contribution in [2.24, 2.45) is 0 Å². The molecule has 3 rings (SSSR count). The molecule has 0 radical (unpaired) electrons. The first-order valence-electron chi connectivity index (χ1n) is 6.74. The summed E-state index contributed by atoms with van der Waals surface area (Å²) < 4.78 is 24.4. The number of anilines is 1. The van der Waals surface area contributed by atoms with Crippen LogP contribution >= 0.6 is 0 Å². The minimum Gasteiger partial charge on any atom is -0.334 e. The lowest BCUT2D eigenvalue weighted by Crippen LogP contribution is -2.38. The predicted octanol–water partition coefficient (Wildman–Crippen LogP) is 0.576. The van der Waals surface area contributed by atoms with E-state index in [1.807, 2.05) is 0 Å². The highest BCUT2D eigenvalue weighted by atomic mass is 32.2. The summed E-state index contributed by atoms with van der Waals surface area (Å²) in [4.78, 5) is 20.0. The van der Waals surface area contributed by atoms with E-state index in [1.165, 1.54) is 6.20 Å². The molecule has 116 valence electrons. The van der Waals surface area contributed by atoms with Gasteiger partial charge < -0.3 is 10.6 Å². The van der Waals surface area contributed by atoms with E-state index in [1.54, 1.807) is 35.4 Å². The molecule has 1 aliphatic rings. The van der Waals surface area contributed by atoms with Gasteiger partial charge in [-0.05, 0) is 18.6 Å². The Labute approximate surface area is 127 Å². The number of pyridine rings is 1. The van der Waals surface area contributed by atoms with E-state index in [2.05, 4.69) is 20.6 Å². The zero-order valence-corrected chi connectivity index (χ0v) is 12.5. The van der Waals surface area contributed by atoms with Gasteiger partial charge >= 0.3 is 6.03 Å². The molecule has 0 saturated carbocycles. The van der Waals surface area contributed by atoms with Crippen LogP contribution < -0.4 is 10.6 Å². The topological polar surface area (TPSA) is 106 Å². The molecule has 0 spiro atoms. The first kappa shape index (κ1) is 14.5. The van der Waals surface area contributed by atoms with Gasteiger partial charge in [0.05, 0.1) is 23.4 Å². The van der Waals surface area contributed by atoms with Crippen molar-refractivity contribution in [2.45, 2.75) is 12.5 Å². The van der Waals surface area contributed by atoms with E-state index < -0.39 is 15.9 Å². The second-order valence-corrected chi connectivity index (χ2v) is 7.30. The van der Waals surface area contributed by atoms with Gasteiger partial charge in [-0.25, -0.2) is 23.2 Å². The third-order valence-corrected chi connectivity index (χ3v) is 5.11. The van der Waals surface area contributed by atoms with Crippen molar-refractivity contribution in [3.8, 4) is 5.82 Å². The van der Waals surface area contributed by atoms with Gasteiger partial charge in [0.15, 0.2) is 9.84 Å². The molecule has 2 aromatic rings. The number of carbonyl (C=O) groups excluding carboxylic acids is 1. The number of hydrogen-bond donors (Lipinski definition) is 2. The number of nitrogens with one attached hydrogen (secondary N) is 2. The first-order chi connectivity index (χ1) is 10.5. The molecule has 8 nitrogen and oxygen atoms in total. The molecule has 0 aliphatic carbocycles. The molecule has 0 bridgehead atoms. The Bertz CT molecular complexity index is 755. The second kappa shape index (κ2) is 5.76. The van der Waals surface area contributed by atoms with E-state index in [0.29, 0.717) is 17.9 Å². The van der Waals surface area contributed by atoms with Crippen LogP contribution in [0.25, 0.3) is 5.82 Å². The van der Waals surface area contributed by atoms with Gasteiger partial charge in [-0.2, -0.15) is 0 Å². The molecule has 1 unspecified atom stereocenters. The van der Waals surface area contributed by atoms with Crippen LogP contribution in [0.15, 0.2) is 37.1 Å².